The molecule has 2 aliphatic rings. The number of para-hydroxylation sites is 1. The minimum Gasteiger partial charge on any atom is -0.497 e. The van der Waals surface area contributed by atoms with Crippen LogP contribution in [0.5, 0.6) is 5.75 Å². The maximum atomic E-state index is 13.2. The minimum atomic E-state index is -0.718. The highest BCUT2D eigenvalue weighted by Crippen LogP contribution is 2.43. The number of esters is 1. The predicted octanol–water partition coefficient (Wildman–Crippen LogP) is 4.37. The van der Waals surface area contributed by atoms with E-state index in [0.29, 0.717) is 39.9 Å². The summed E-state index contributed by atoms with van der Waals surface area (Å²) in [6.07, 6.45) is 2.24. The van der Waals surface area contributed by atoms with E-state index in [0.717, 1.165) is 17.0 Å². The van der Waals surface area contributed by atoms with Crippen molar-refractivity contribution in [1.82, 2.24) is 14.7 Å². The molecule has 1 atom stereocenters. The van der Waals surface area contributed by atoms with Crippen molar-refractivity contribution in [2.75, 3.05) is 20.0 Å². The number of ether oxygens (including phenoxy) is 2. The molecule has 0 N–H and O–H groups in total. The van der Waals surface area contributed by atoms with Gasteiger partial charge in [-0.2, -0.15) is 5.10 Å². The van der Waals surface area contributed by atoms with Crippen LogP contribution in [-0.4, -0.2) is 51.7 Å². The Labute approximate surface area is 207 Å². The van der Waals surface area contributed by atoms with Crippen molar-refractivity contribution in [3.05, 3.63) is 77.6 Å². The van der Waals surface area contributed by atoms with Gasteiger partial charge >= 0.3 is 5.97 Å². The third kappa shape index (κ3) is 4.12. The number of aromatic nitrogens is 2. The molecule has 2 aromatic carbocycles. The number of methoxy groups -OCH3 is 2. The zero-order valence-electron chi connectivity index (χ0n) is 19.6. The van der Waals surface area contributed by atoms with Gasteiger partial charge in [-0.1, -0.05) is 30.0 Å². The smallest absolute Gasteiger partial charge is 0.338 e. The van der Waals surface area contributed by atoms with Gasteiger partial charge in [-0.05, 0) is 43.3 Å². The lowest BCUT2D eigenvalue weighted by atomic mass is 9.92. The van der Waals surface area contributed by atoms with Crippen LogP contribution in [0, 0.1) is 0 Å². The average molecular weight is 489 g/mol. The van der Waals surface area contributed by atoms with E-state index in [9.17, 15) is 9.59 Å². The number of hydrogen-bond acceptors (Lipinski definition) is 7. The van der Waals surface area contributed by atoms with Gasteiger partial charge < -0.3 is 9.47 Å². The first-order valence-electron chi connectivity index (χ1n) is 11.1. The van der Waals surface area contributed by atoms with Crippen molar-refractivity contribution in [3.8, 4) is 22.7 Å². The van der Waals surface area contributed by atoms with Crippen LogP contribution in [0.25, 0.3) is 16.9 Å². The molecule has 0 radical (unpaired) electrons. The lowest BCUT2D eigenvalue weighted by Gasteiger charge is -2.38. The molecular formula is C26H24N4O4S. The van der Waals surface area contributed by atoms with Crippen molar-refractivity contribution < 1.29 is 19.1 Å². The normalized spacial score (nSPS) is 17.7. The highest BCUT2D eigenvalue weighted by molar-refractivity contribution is 8.14. The van der Waals surface area contributed by atoms with Gasteiger partial charge in [0.25, 0.3) is 0 Å². The number of thioether (sulfide) groups is 1. The third-order valence-electron chi connectivity index (χ3n) is 6.03. The van der Waals surface area contributed by atoms with Crippen LogP contribution in [0.3, 0.4) is 0 Å². The Morgan fingerprint density at radius 3 is 2.51 bits per heavy atom. The quantitative estimate of drug-likeness (QED) is 0.496. The Balaban J connectivity index is 1.75. The molecule has 0 saturated carbocycles. The zero-order chi connectivity index (χ0) is 24.5. The zero-order valence-corrected chi connectivity index (χ0v) is 20.4. The summed E-state index contributed by atoms with van der Waals surface area (Å²) in [5, 5.41) is 5.49. The molecule has 3 heterocycles. The summed E-state index contributed by atoms with van der Waals surface area (Å²) in [6, 6.07) is 16.5. The van der Waals surface area contributed by atoms with Crippen molar-refractivity contribution in [2.24, 2.45) is 4.99 Å². The molecule has 5 rings (SSSR count). The Morgan fingerprint density at radius 1 is 1.09 bits per heavy atom. The average Bonchev–Trinajstić information content (AvgIpc) is 3.33. The maximum Gasteiger partial charge on any atom is 0.338 e. The number of amidine groups is 1. The summed E-state index contributed by atoms with van der Waals surface area (Å²) < 4.78 is 12.2. The summed E-state index contributed by atoms with van der Waals surface area (Å²) in [5.74, 6) is 0.760. The summed E-state index contributed by atoms with van der Waals surface area (Å²) >= 11 is 1.51. The number of hydrogen-bond donors (Lipinski definition) is 0. The fourth-order valence-corrected chi connectivity index (χ4v) is 5.34. The van der Waals surface area contributed by atoms with Crippen LogP contribution >= 0.6 is 11.8 Å². The van der Waals surface area contributed by atoms with Gasteiger partial charge in [0.1, 0.15) is 11.8 Å². The number of carbonyl (C=O) groups is 2. The third-order valence-corrected chi connectivity index (χ3v) is 6.99. The van der Waals surface area contributed by atoms with Crippen molar-refractivity contribution >= 4 is 28.8 Å². The first-order valence-corrected chi connectivity index (χ1v) is 12.1. The summed E-state index contributed by atoms with van der Waals surface area (Å²) in [6.45, 7) is 1.78. The van der Waals surface area contributed by atoms with E-state index in [1.807, 2.05) is 60.8 Å². The largest absolute Gasteiger partial charge is 0.497 e. The van der Waals surface area contributed by atoms with E-state index in [-0.39, 0.29) is 5.91 Å². The number of allylic oxidation sites excluding steroid dienone is 1. The first-order chi connectivity index (χ1) is 17.0. The highest BCUT2D eigenvalue weighted by atomic mass is 32.2. The van der Waals surface area contributed by atoms with Gasteiger partial charge in [-0.25, -0.2) is 14.5 Å². The van der Waals surface area contributed by atoms with E-state index in [1.165, 1.54) is 18.9 Å². The fourth-order valence-electron chi connectivity index (χ4n) is 4.34. The van der Waals surface area contributed by atoms with E-state index < -0.39 is 12.0 Å². The number of nitrogens with zero attached hydrogens (tertiary/aromatic N) is 4. The molecule has 0 bridgehead atoms. The van der Waals surface area contributed by atoms with Crippen LogP contribution in [0.2, 0.25) is 0 Å². The number of fused-ring (bicyclic) bond motifs is 1. The van der Waals surface area contributed by atoms with Crippen LogP contribution in [0.15, 0.2) is 77.1 Å². The fraction of sp³-hybridized carbons (Fsp3) is 0.231. The van der Waals surface area contributed by atoms with Gasteiger partial charge in [0.05, 0.1) is 36.9 Å². The molecule has 178 valence electrons. The molecule has 1 unspecified atom stereocenters. The van der Waals surface area contributed by atoms with Gasteiger partial charge in [-0.15, -0.1) is 0 Å². The van der Waals surface area contributed by atoms with Crippen molar-refractivity contribution in [2.45, 2.75) is 19.4 Å². The van der Waals surface area contributed by atoms with Crippen LogP contribution in [0.4, 0.5) is 0 Å². The number of carbonyl (C=O) groups excluding carboxylic acids is 2. The van der Waals surface area contributed by atoms with E-state index in [1.54, 1.807) is 23.6 Å². The molecule has 0 spiro atoms. The Kier molecular flexibility index (Phi) is 6.17. The topological polar surface area (TPSA) is 86.0 Å². The molecule has 2 aliphatic heterocycles. The first kappa shape index (κ1) is 22.9. The summed E-state index contributed by atoms with van der Waals surface area (Å²) in [4.78, 5) is 32.4. The maximum absolute atomic E-state index is 13.2. The second-order valence-electron chi connectivity index (χ2n) is 8.09. The number of benzene rings is 2. The molecule has 35 heavy (non-hydrogen) atoms. The molecule has 8 nitrogen and oxygen atoms in total. The SMILES string of the molecule is COC(=O)C1=C(C)N=C2SCCC(=O)N2C1c1cn(-c2ccccc2)nc1-c1ccc(OC)cc1. The number of amides is 1. The van der Waals surface area contributed by atoms with Gasteiger partial charge in [0.15, 0.2) is 5.17 Å². The van der Waals surface area contributed by atoms with Crippen molar-refractivity contribution in [1.29, 1.82) is 0 Å². The minimum absolute atomic E-state index is 0.0884. The molecule has 1 amide bonds. The van der Waals surface area contributed by atoms with Crippen LogP contribution in [-0.2, 0) is 14.3 Å². The standard InChI is InChI=1S/C26H24N4O4S/c1-16-22(25(32)34-3)24(30-21(31)13-14-35-26(30)27-16)20-15-29(18-7-5-4-6-8-18)28-23(20)17-9-11-19(33-2)12-10-17/h4-12,15,24H,13-14H2,1-3H3. The second-order valence-corrected chi connectivity index (χ2v) is 9.15. The second kappa shape index (κ2) is 9.42. The van der Waals surface area contributed by atoms with E-state index >= 15 is 0 Å². The van der Waals surface area contributed by atoms with E-state index in [2.05, 4.69) is 4.99 Å². The highest BCUT2D eigenvalue weighted by Gasteiger charge is 2.43. The summed E-state index contributed by atoms with van der Waals surface area (Å²) in [5.41, 5.74) is 3.91. The van der Waals surface area contributed by atoms with Crippen LogP contribution in [0.1, 0.15) is 24.9 Å². The van der Waals surface area contributed by atoms with Gasteiger partial charge in [-0.3, -0.25) is 9.69 Å². The molecule has 9 heteroatoms. The monoisotopic (exact) mass is 488 g/mol. The van der Waals surface area contributed by atoms with Gasteiger partial charge in [0, 0.05) is 29.5 Å². The lowest BCUT2D eigenvalue weighted by molar-refractivity contribution is -0.137. The Hall–Kier alpha value is -3.85. The molecule has 1 saturated heterocycles. The molecule has 0 aliphatic carbocycles. The van der Waals surface area contributed by atoms with Crippen molar-refractivity contribution in [3.63, 3.8) is 0 Å². The molecule has 1 fully saturated rings. The molecule has 3 aromatic rings. The molecular weight excluding hydrogens is 464 g/mol. The predicted molar refractivity (Wildman–Crippen MR) is 134 cm³/mol. The van der Waals surface area contributed by atoms with E-state index in [4.69, 9.17) is 14.6 Å². The number of aliphatic imine (C=N–C) groups is 1. The molecule has 1 aromatic heterocycles. The van der Waals surface area contributed by atoms with Gasteiger partial charge in [0.2, 0.25) is 5.91 Å². The summed E-state index contributed by atoms with van der Waals surface area (Å²) in [7, 11) is 2.95. The Morgan fingerprint density at radius 2 is 1.83 bits per heavy atom. The lowest BCUT2D eigenvalue weighted by Crippen LogP contribution is -2.45. The Bertz CT molecular complexity index is 1350. The van der Waals surface area contributed by atoms with Crippen LogP contribution < -0.4 is 4.74 Å². The number of rotatable bonds is 5.